The Bertz CT molecular complexity index is 1160. The van der Waals surface area contributed by atoms with Gasteiger partial charge in [0.15, 0.2) is 0 Å². The fraction of sp³-hybridized carbons (Fsp3) is 0.261. The summed E-state index contributed by atoms with van der Waals surface area (Å²) >= 11 is 0. The number of benzene rings is 2. The van der Waals surface area contributed by atoms with Crippen molar-refractivity contribution in [2.45, 2.75) is 0 Å². The third-order valence-corrected chi connectivity index (χ3v) is 5.77. The van der Waals surface area contributed by atoms with Gasteiger partial charge < -0.3 is 30.5 Å². The SMILES string of the molecule is COc1cc(N2CCN(C)CC2)ccc1Nc1ncc2c(n1)-c1ccccc1NC(=O)N2. The van der Waals surface area contributed by atoms with E-state index in [1.165, 1.54) is 0 Å². The van der Waals surface area contributed by atoms with Crippen molar-refractivity contribution in [3.8, 4) is 17.0 Å². The van der Waals surface area contributed by atoms with Gasteiger partial charge in [-0.05, 0) is 25.2 Å². The number of likely N-dealkylation sites (N-methyl/N-ethyl adjacent to an activating group) is 1. The second-order valence-electron chi connectivity index (χ2n) is 7.88. The summed E-state index contributed by atoms with van der Waals surface area (Å²) in [6.45, 7) is 4.05. The van der Waals surface area contributed by atoms with Gasteiger partial charge in [0.25, 0.3) is 0 Å². The van der Waals surface area contributed by atoms with Crippen LogP contribution in [0, 0.1) is 0 Å². The molecule has 32 heavy (non-hydrogen) atoms. The number of carbonyl (C=O) groups is 1. The molecule has 0 aliphatic carbocycles. The lowest BCUT2D eigenvalue weighted by Gasteiger charge is -2.34. The number of methoxy groups -OCH3 is 1. The number of nitrogens with one attached hydrogen (secondary N) is 3. The predicted octanol–water partition coefficient (Wildman–Crippen LogP) is 3.61. The Hall–Kier alpha value is -3.85. The van der Waals surface area contributed by atoms with Crippen molar-refractivity contribution in [2.75, 3.05) is 61.2 Å². The first-order chi connectivity index (χ1) is 15.6. The van der Waals surface area contributed by atoms with Gasteiger partial charge in [0, 0.05) is 43.5 Å². The normalized spacial score (nSPS) is 15.7. The summed E-state index contributed by atoms with van der Waals surface area (Å²) in [4.78, 5) is 25.9. The highest BCUT2D eigenvalue weighted by Gasteiger charge is 2.21. The minimum Gasteiger partial charge on any atom is -0.494 e. The van der Waals surface area contributed by atoms with Gasteiger partial charge in [0.1, 0.15) is 11.4 Å². The Labute approximate surface area is 186 Å². The van der Waals surface area contributed by atoms with Gasteiger partial charge >= 0.3 is 6.03 Å². The molecular formula is C23H25N7O2. The Balaban J connectivity index is 1.44. The molecule has 2 aliphatic rings. The number of urea groups is 1. The molecule has 9 nitrogen and oxygen atoms in total. The number of hydrogen-bond donors (Lipinski definition) is 3. The molecule has 1 aromatic heterocycles. The summed E-state index contributed by atoms with van der Waals surface area (Å²) in [6.07, 6.45) is 1.61. The van der Waals surface area contributed by atoms with E-state index in [0.717, 1.165) is 48.9 Å². The molecule has 2 aromatic carbocycles. The molecule has 3 aromatic rings. The molecule has 5 rings (SSSR count). The highest BCUT2D eigenvalue weighted by molar-refractivity contribution is 6.07. The van der Waals surface area contributed by atoms with E-state index >= 15 is 0 Å². The number of fused-ring (bicyclic) bond motifs is 3. The first kappa shape index (κ1) is 20.1. The minimum absolute atomic E-state index is 0.318. The Morgan fingerprint density at radius 2 is 1.81 bits per heavy atom. The van der Waals surface area contributed by atoms with Crippen LogP contribution in [0.5, 0.6) is 5.75 Å². The first-order valence-corrected chi connectivity index (χ1v) is 10.5. The Kier molecular flexibility index (Phi) is 5.24. The largest absolute Gasteiger partial charge is 0.494 e. The summed E-state index contributed by atoms with van der Waals surface area (Å²) in [6, 6.07) is 13.3. The van der Waals surface area contributed by atoms with E-state index in [-0.39, 0.29) is 6.03 Å². The van der Waals surface area contributed by atoms with E-state index in [2.05, 4.69) is 43.8 Å². The molecule has 1 fully saturated rings. The van der Waals surface area contributed by atoms with Crippen molar-refractivity contribution in [1.82, 2.24) is 14.9 Å². The van der Waals surface area contributed by atoms with E-state index in [1.807, 2.05) is 36.4 Å². The number of rotatable bonds is 4. The molecule has 0 atom stereocenters. The first-order valence-electron chi connectivity index (χ1n) is 10.5. The van der Waals surface area contributed by atoms with Crippen LogP contribution >= 0.6 is 0 Å². The van der Waals surface area contributed by atoms with Crippen LogP contribution in [-0.2, 0) is 0 Å². The van der Waals surface area contributed by atoms with Crippen LogP contribution in [-0.4, -0.2) is 61.2 Å². The number of anilines is 5. The van der Waals surface area contributed by atoms with Gasteiger partial charge in [-0.3, -0.25) is 0 Å². The van der Waals surface area contributed by atoms with Gasteiger partial charge in [-0.1, -0.05) is 18.2 Å². The number of nitrogens with zero attached hydrogens (tertiary/aromatic N) is 4. The smallest absolute Gasteiger partial charge is 0.323 e. The molecule has 164 valence electrons. The molecule has 0 bridgehead atoms. The lowest BCUT2D eigenvalue weighted by Crippen LogP contribution is -2.44. The standard InChI is InChI=1S/C23H25N7O2/c1-29-9-11-30(12-10-29)15-7-8-18(20(13-15)32-2)25-22-24-14-19-21(28-22)16-5-3-4-6-17(16)26-23(31)27-19/h3-8,13-14H,9-12H2,1-2H3,(H,24,25,28)(H2,26,27,31). The molecule has 0 spiro atoms. The lowest BCUT2D eigenvalue weighted by molar-refractivity contribution is 0.262. The highest BCUT2D eigenvalue weighted by atomic mass is 16.5. The van der Waals surface area contributed by atoms with Crippen molar-refractivity contribution in [3.63, 3.8) is 0 Å². The van der Waals surface area contributed by atoms with Crippen LogP contribution in [0.1, 0.15) is 0 Å². The van der Waals surface area contributed by atoms with E-state index in [4.69, 9.17) is 9.72 Å². The summed E-state index contributed by atoms with van der Waals surface area (Å²) in [5.74, 6) is 1.13. The number of carbonyl (C=O) groups excluding carboxylic acids is 1. The van der Waals surface area contributed by atoms with Gasteiger partial charge in [-0.2, -0.15) is 0 Å². The zero-order valence-corrected chi connectivity index (χ0v) is 18.1. The molecule has 9 heteroatoms. The molecule has 0 unspecified atom stereocenters. The maximum atomic E-state index is 12.1. The monoisotopic (exact) mass is 431 g/mol. The highest BCUT2D eigenvalue weighted by Crippen LogP contribution is 2.36. The molecule has 3 N–H and O–H groups in total. The van der Waals surface area contributed by atoms with Gasteiger partial charge in [-0.25, -0.2) is 14.8 Å². The topological polar surface area (TPSA) is 94.7 Å². The molecule has 2 amide bonds. The third-order valence-electron chi connectivity index (χ3n) is 5.77. The number of para-hydroxylation sites is 1. The average molecular weight is 432 g/mol. The van der Waals surface area contributed by atoms with Gasteiger partial charge in [-0.15, -0.1) is 0 Å². The van der Waals surface area contributed by atoms with Crippen molar-refractivity contribution in [2.24, 2.45) is 0 Å². The van der Waals surface area contributed by atoms with Crippen molar-refractivity contribution in [1.29, 1.82) is 0 Å². The van der Waals surface area contributed by atoms with Crippen molar-refractivity contribution < 1.29 is 9.53 Å². The molecular weight excluding hydrogens is 406 g/mol. The van der Waals surface area contributed by atoms with Crippen LogP contribution in [0.25, 0.3) is 11.3 Å². The van der Waals surface area contributed by atoms with Gasteiger partial charge in [0.05, 0.1) is 30.4 Å². The summed E-state index contributed by atoms with van der Waals surface area (Å²) in [5, 5.41) is 8.89. The number of hydrogen-bond acceptors (Lipinski definition) is 7. The molecule has 1 saturated heterocycles. The second kappa shape index (κ2) is 8.35. The number of amides is 2. The number of ether oxygens (including phenoxy) is 1. The maximum absolute atomic E-state index is 12.1. The molecule has 0 radical (unpaired) electrons. The van der Waals surface area contributed by atoms with E-state index in [9.17, 15) is 4.79 Å². The second-order valence-corrected chi connectivity index (χ2v) is 7.88. The summed E-state index contributed by atoms with van der Waals surface area (Å²) < 4.78 is 5.65. The number of aromatic nitrogens is 2. The summed E-state index contributed by atoms with van der Waals surface area (Å²) in [7, 11) is 3.80. The molecule has 3 heterocycles. The van der Waals surface area contributed by atoms with E-state index in [0.29, 0.717) is 23.0 Å². The molecule has 2 aliphatic heterocycles. The van der Waals surface area contributed by atoms with Crippen molar-refractivity contribution in [3.05, 3.63) is 48.7 Å². The van der Waals surface area contributed by atoms with Crippen LogP contribution < -0.4 is 25.6 Å². The fourth-order valence-corrected chi connectivity index (χ4v) is 3.98. The van der Waals surface area contributed by atoms with Crippen LogP contribution in [0.2, 0.25) is 0 Å². The van der Waals surface area contributed by atoms with Crippen LogP contribution in [0.3, 0.4) is 0 Å². The average Bonchev–Trinajstić information content (AvgIpc) is 2.95. The van der Waals surface area contributed by atoms with Crippen LogP contribution in [0.15, 0.2) is 48.7 Å². The zero-order valence-electron chi connectivity index (χ0n) is 18.1. The Morgan fingerprint density at radius 3 is 2.62 bits per heavy atom. The van der Waals surface area contributed by atoms with E-state index in [1.54, 1.807) is 13.3 Å². The minimum atomic E-state index is -0.318. The third kappa shape index (κ3) is 3.90. The summed E-state index contributed by atoms with van der Waals surface area (Å²) in [5.41, 5.74) is 4.62. The molecule has 0 saturated carbocycles. The quantitative estimate of drug-likeness (QED) is 0.581. The fourth-order valence-electron chi connectivity index (χ4n) is 3.98. The van der Waals surface area contributed by atoms with Crippen LogP contribution in [0.4, 0.5) is 33.5 Å². The number of piperazine rings is 1. The zero-order chi connectivity index (χ0) is 22.1. The lowest BCUT2D eigenvalue weighted by atomic mass is 10.1. The maximum Gasteiger partial charge on any atom is 0.323 e. The van der Waals surface area contributed by atoms with E-state index < -0.39 is 0 Å². The Morgan fingerprint density at radius 1 is 1.03 bits per heavy atom. The van der Waals surface area contributed by atoms with Gasteiger partial charge in [0.2, 0.25) is 5.95 Å². The van der Waals surface area contributed by atoms with Crippen molar-refractivity contribution >= 4 is 34.7 Å². The predicted molar refractivity (Wildman–Crippen MR) is 126 cm³/mol.